The summed E-state index contributed by atoms with van der Waals surface area (Å²) in [5, 5.41) is 5.89. The predicted molar refractivity (Wildman–Crippen MR) is 55.2 cm³/mol. The normalized spacial score (nSPS) is 11.0. The van der Waals surface area contributed by atoms with Gasteiger partial charge < -0.3 is 0 Å². The van der Waals surface area contributed by atoms with E-state index >= 15 is 0 Å². The Balaban J connectivity index is 2.89. The average molecular weight is 195 g/mol. The molecule has 13 heavy (non-hydrogen) atoms. The maximum atomic E-state index is 6.00. The minimum atomic E-state index is 0.598. The summed E-state index contributed by atoms with van der Waals surface area (Å²) in [7, 11) is 0. The zero-order valence-electron chi connectivity index (χ0n) is 7.71. The van der Waals surface area contributed by atoms with Gasteiger partial charge in [0.2, 0.25) is 0 Å². The van der Waals surface area contributed by atoms with Crippen LogP contribution in [-0.4, -0.2) is 9.78 Å². The third-order valence-corrected chi connectivity index (χ3v) is 2.51. The molecule has 0 saturated heterocycles. The molecule has 0 aliphatic rings. The third kappa shape index (κ3) is 1.22. The highest BCUT2D eigenvalue weighted by molar-refractivity contribution is 6.34. The number of halogens is 1. The smallest absolute Gasteiger partial charge is 0.158 e. The Labute approximate surface area is 82.1 Å². The number of para-hydroxylation sites is 1. The Morgan fingerprint density at radius 3 is 2.92 bits per heavy atom. The van der Waals surface area contributed by atoms with Gasteiger partial charge in [-0.05, 0) is 25.5 Å². The van der Waals surface area contributed by atoms with Crippen LogP contribution in [-0.2, 0) is 6.54 Å². The number of hydrogen-bond donors (Lipinski definition) is 0. The van der Waals surface area contributed by atoms with Crippen LogP contribution in [0.15, 0.2) is 18.2 Å². The van der Waals surface area contributed by atoms with Crippen LogP contribution in [0.3, 0.4) is 0 Å². The average Bonchev–Trinajstić information content (AvgIpc) is 2.45. The fourth-order valence-electron chi connectivity index (χ4n) is 1.61. The summed E-state index contributed by atoms with van der Waals surface area (Å²) in [4.78, 5) is 0. The van der Waals surface area contributed by atoms with E-state index in [1.54, 1.807) is 0 Å². The topological polar surface area (TPSA) is 17.8 Å². The van der Waals surface area contributed by atoms with Crippen LogP contribution >= 0.6 is 11.6 Å². The van der Waals surface area contributed by atoms with Crippen molar-refractivity contribution in [2.45, 2.75) is 20.4 Å². The zero-order valence-corrected chi connectivity index (χ0v) is 8.47. The number of fused-ring (bicyclic) bond motifs is 1. The van der Waals surface area contributed by atoms with Gasteiger partial charge in [-0.1, -0.05) is 23.7 Å². The van der Waals surface area contributed by atoms with Gasteiger partial charge in [-0.25, -0.2) is 0 Å². The van der Waals surface area contributed by atoms with Gasteiger partial charge in [0.1, 0.15) is 0 Å². The van der Waals surface area contributed by atoms with E-state index in [1.807, 2.05) is 16.8 Å². The molecule has 0 aliphatic heterocycles. The molecule has 0 aliphatic carbocycles. The largest absolute Gasteiger partial charge is 0.263 e. The van der Waals surface area contributed by atoms with Crippen LogP contribution in [0.4, 0.5) is 0 Å². The van der Waals surface area contributed by atoms with Gasteiger partial charge in [0, 0.05) is 11.9 Å². The summed E-state index contributed by atoms with van der Waals surface area (Å²) in [6.45, 7) is 5.00. The second-order valence-corrected chi connectivity index (χ2v) is 3.44. The summed E-state index contributed by atoms with van der Waals surface area (Å²) >= 11 is 6.00. The van der Waals surface area contributed by atoms with Crippen LogP contribution in [0.5, 0.6) is 0 Å². The summed E-state index contributed by atoms with van der Waals surface area (Å²) in [6.07, 6.45) is 0. The monoisotopic (exact) mass is 194 g/mol. The van der Waals surface area contributed by atoms with Crippen molar-refractivity contribution in [2.75, 3.05) is 0 Å². The number of aromatic nitrogens is 2. The van der Waals surface area contributed by atoms with E-state index in [9.17, 15) is 0 Å². The molecule has 0 amide bonds. The molecule has 0 bridgehead atoms. The fourth-order valence-corrected chi connectivity index (χ4v) is 1.85. The van der Waals surface area contributed by atoms with Crippen molar-refractivity contribution in [3.05, 3.63) is 28.9 Å². The first-order valence-electron chi connectivity index (χ1n) is 4.35. The first kappa shape index (κ1) is 8.57. The van der Waals surface area contributed by atoms with E-state index in [4.69, 9.17) is 11.6 Å². The Kier molecular flexibility index (Phi) is 2.00. The van der Waals surface area contributed by atoms with E-state index in [0.717, 1.165) is 17.4 Å². The van der Waals surface area contributed by atoms with Crippen molar-refractivity contribution < 1.29 is 0 Å². The molecule has 68 valence electrons. The van der Waals surface area contributed by atoms with Crippen molar-refractivity contribution in [3.8, 4) is 0 Å². The van der Waals surface area contributed by atoms with Crippen LogP contribution in [0.1, 0.15) is 12.5 Å². The highest BCUT2D eigenvalue weighted by atomic mass is 35.5. The lowest BCUT2D eigenvalue weighted by atomic mass is 10.2. The summed E-state index contributed by atoms with van der Waals surface area (Å²) in [5.41, 5.74) is 2.37. The molecule has 0 unspecified atom stereocenters. The molecule has 0 saturated carbocycles. The lowest BCUT2D eigenvalue weighted by molar-refractivity contribution is 0.683. The minimum absolute atomic E-state index is 0.598. The number of hydrogen-bond acceptors (Lipinski definition) is 1. The van der Waals surface area contributed by atoms with E-state index in [2.05, 4.69) is 25.0 Å². The highest BCUT2D eigenvalue weighted by Gasteiger charge is 2.08. The zero-order chi connectivity index (χ0) is 9.42. The highest BCUT2D eigenvalue weighted by Crippen LogP contribution is 2.24. The molecule has 1 aromatic carbocycles. The predicted octanol–water partition coefficient (Wildman–Crippen LogP) is 3.02. The van der Waals surface area contributed by atoms with Gasteiger partial charge in [0.25, 0.3) is 0 Å². The SMILES string of the molecule is CCn1nc(Cl)c2cccc(C)c21. The molecule has 0 fully saturated rings. The second-order valence-electron chi connectivity index (χ2n) is 3.08. The van der Waals surface area contributed by atoms with Crippen LogP contribution in [0.25, 0.3) is 10.9 Å². The van der Waals surface area contributed by atoms with Gasteiger partial charge >= 0.3 is 0 Å². The fraction of sp³-hybridized carbons (Fsp3) is 0.300. The first-order valence-corrected chi connectivity index (χ1v) is 4.73. The minimum Gasteiger partial charge on any atom is -0.263 e. The molecule has 0 radical (unpaired) electrons. The lowest BCUT2D eigenvalue weighted by Gasteiger charge is -2.00. The van der Waals surface area contributed by atoms with Gasteiger partial charge in [0.05, 0.1) is 5.52 Å². The molecule has 2 aromatic rings. The Bertz CT molecular complexity index is 445. The Morgan fingerprint density at radius 2 is 2.23 bits per heavy atom. The van der Waals surface area contributed by atoms with Crippen molar-refractivity contribution in [3.63, 3.8) is 0 Å². The summed E-state index contributed by atoms with van der Waals surface area (Å²) in [5.74, 6) is 0. The summed E-state index contributed by atoms with van der Waals surface area (Å²) in [6, 6.07) is 6.08. The second kappa shape index (κ2) is 3.04. The van der Waals surface area contributed by atoms with Gasteiger partial charge in [-0.3, -0.25) is 4.68 Å². The Morgan fingerprint density at radius 1 is 1.46 bits per heavy atom. The van der Waals surface area contributed by atoms with E-state index in [-0.39, 0.29) is 0 Å². The maximum Gasteiger partial charge on any atom is 0.158 e. The van der Waals surface area contributed by atoms with Crippen molar-refractivity contribution in [2.24, 2.45) is 0 Å². The molecule has 1 aromatic heterocycles. The number of aryl methyl sites for hydroxylation is 2. The van der Waals surface area contributed by atoms with E-state index in [0.29, 0.717) is 5.15 Å². The summed E-state index contributed by atoms with van der Waals surface area (Å²) < 4.78 is 1.94. The first-order chi connectivity index (χ1) is 6.24. The molecule has 0 spiro atoms. The Hall–Kier alpha value is -1.02. The number of benzene rings is 1. The van der Waals surface area contributed by atoms with Crippen LogP contribution < -0.4 is 0 Å². The lowest BCUT2D eigenvalue weighted by Crippen LogP contribution is -1.96. The van der Waals surface area contributed by atoms with Crippen LogP contribution in [0, 0.1) is 6.92 Å². The van der Waals surface area contributed by atoms with Crippen molar-refractivity contribution >= 4 is 22.5 Å². The van der Waals surface area contributed by atoms with Crippen molar-refractivity contribution in [1.82, 2.24) is 9.78 Å². The van der Waals surface area contributed by atoms with E-state index in [1.165, 1.54) is 5.56 Å². The molecular weight excluding hydrogens is 184 g/mol. The number of rotatable bonds is 1. The third-order valence-electron chi connectivity index (χ3n) is 2.23. The molecular formula is C10H11ClN2. The molecule has 2 rings (SSSR count). The molecule has 0 N–H and O–H groups in total. The van der Waals surface area contributed by atoms with Crippen molar-refractivity contribution in [1.29, 1.82) is 0 Å². The molecule has 0 atom stereocenters. The van der Waals surface area contributed by atoms with Crippen LogP contribution in [0.2, 0.25) is 5.15 Å². The van der Waals surface area contributed by atoms with Gasteiger partial charge in [-0.2, -0.15) is 5.10 Å². The molecule has 3 heteroatoms. The maximum absolute atomic E-state index is 6.00. The van der Waals surface area contributed by atoms with Gasteiger partial charge in [0.15, 0.2) is 5.15 Å². The number of nitrogens with zero attached hydrogens (tertiary/aromatic N) is 2. The van der Waals surface area contributed by atoms with E-state index < -0.39 is 0 Å². The molecule has 2 nitrogen and oxygen atoms in total. The molecule has 1 heterocycles. The quantitative estimate of drug-likeness (QED) is 0.683. The van der Waals surface area contributed by atoms with Gasteiger partial charge in [-0.15, -0.1) is 0 Å². The standard InChI is InChI=1S/C10H11ClN2/c1-3-13-9-7(2)5-4-6-8(9)10(11)12-13/h4-6H,3H2,1-2H3.